The van der Waals surface area contributed by atoms with Crippen LogP contribution in [-0.4, -0.2) is 46.0 Å². The molecule has 1 aromatic rings. The lowest BCUT2D eigenvalue weighted by molar-refractivity contribution is 0.0775. The second kappa shape index (κ2) is 6.11. The molecule has 0 spiro atoms. The highest BCUT2D eigenvalue weighted by atomic mass is 35.7. The number of nitrogens with zero attached hydrogens (tertiary/aromatic N) is 1. The molecule has 0 aromatic heterocycles. The number of halogens is 1. The highest BCUT2D eigenvalue weighted by molar-refractivity contribution is 8.13. The molecule has 1 saturated heterocycles. The topological polar surface area (TPSA) is 63.7 Å². The molecule has 20 heavy (non-hydrogen) atoms. The molecule has 0 aliphatic carbocycles. The summed E-state index contributed by atoms with van der Waals surface area (Å²) in [6.45, 7) is 2.01. The molecule has 1 aliphatic rings. The monoisotopic (exact) mass is 317 g/mol. The van der Waals surface area contributed by atoms with E-state index >= 15 is 0 Å². The summed E-state index contributed by atoms with van der Waals surface area (Å²) in [7, 11) is 3.13. The van der Waals surface area contributed by atoms with Crippen LogP contribution in [0.25, 0.3) is 0 Å². The van der Waals surface area contributed by atoms with Crippen LogP contribution < -0.4 is 0 Å². The number of amides is 1. The molecule has 1 aromatic carbocycles. The predicted octanol–water partition coefficient (Wildman–Crippen LogP) is 1.72. The fraction of sp³-hybridized carbons (Fsp3) is 0.462. The van der Waals surface area contributed by atoms with Crippen LogP contribution in [-0.2, 0) is 13.8 Å². The first-order valence-electron chi connectivity index (χ1n) is 6.24. The predicted molar refractivity (Wildman–Crippen MR) is 75.4 cm³/mol. The Balaban J connectivity index is 2.07. The van der Waals surface area contributed by atoms with Crippen LogP contribution >= 0.6 is 10.7 Å². The van der Waals surface area contributed by atoms with Crippen LogP contribution in [0.4, 0.5) is 0 Å². The number of ether oxygens (including phenoxy) is 1. The van der Waals surface area contributed by atoms with E-state index in [-0.39, 0.29) is 10.8 Å². The first-order valence-corrected chi connectivity index (χ1v) is 8.55. The average Bonchev–Trinajstić information content (AvgIpc) is 2.86. The highest BCUT2D eigenvalue weighted by Crippen LogP contribution is 2.20. The van der Waals surface area contributed by atoms with Gasteiger partial charge in [0, 0.05) is 42.4 Å². The summed E-state index contributed by atoms with van der Waals surface area (Å²) in [4.78, 5) is 14.0. The smallest absolute Gasteiger partial charge is 0.261 e. The number of carbonyl (C=O) groups is 1. The third kappa shape index (κ3) is 3.50. The minimum atomic E-state index is -3.75. The third-order valence-corrected chi connectivity index (χ3v) is 4.73. The number of hydrogen-bond donors (Lipinski definition) is 0. The zero-order valence-electron chi connectivity index (χ0n) is 11.1. The van der Waals surface area contributed by atoms with E-state index in [9.17, 15) is 13.2 Å². The fourth-order valence-corrected chi connectivity index (χ4v) is 3.10. The minimum absolute atomic E-state index is 0.00519. The van der Waals surface area contributed by atoms with Crippen LogP contribution in [0.15, 0.2) is 29.2 Å². The average molecular weight is 318 g/mol. The van der Waals surface area contributed by atoms with E-state index in [1.807, 2.05) is 0 Å². The van der Waals surface area contributed by atoms with Gasteiger partial charge in [-0.15, -0.1) is 0 Å². The maximum Gasteiger partial charge on any atom is 0.261 e. The normalized spacial score (nSPS) is 19.3. The maximum atomic E-state index is 12.3. The summed E-state index contributed by atoms with van der Waals surface area (Å²) in [6.07, 6.45) is 0.924. The van der Waals surface area contributed by atoms with E-state index in [4.69, 9.17) is 15.4 Å². The van der Waals surface area contributed by atoms with Gasteiger partial charge >= 0.3 is 0 Å². The van der Waals surface area contributed by atoms with E-state index < -0.39 is 9.05 Å². The first kappa shape index (κ1) is 15.3. The number of hydrogen-bond acceptors (Lipinski definition) is 4. The lowest BCUT2D eigenvalue weighted by atomic mass is 10.1. The number of likely N-dealkylation sites (tertiary alicyclic amines) is 1. The number of rotatable bonds is 4. The number of methoxy groups -OCH3 is 1. The molecule has 7 heteroatoms. The van der Waals surface area contributed by atoms with Crippen LogP contribution in [0.5, 0.6) is 0 Å². The fourth-order valence-electron chi connectivity index (χ4n) is 2.33. The molecule has 0 N–H and O–H groups in total. The van der Waals surface area contributed by atoms with E-state index in [1.165, 1.54) is 24.3 Å². The SMILES string of the molecule is COCC1CCN(C(=O)c2ccc(S(=O)(=O)Cl)cc2)C1. The Labute approximate surface area is 122 Å². The lowest BCUT2D eigenvalue weighted by Gasteiger charge is -2.16. The largest absolute Gasteiger partial charge is 0.384 e. The molecule has 1 unspecified atom stereocenters. The third-order valence-electron chi connectivity index (χ3n) is 3.36. The van der Waals surface area contributed by atoms with Crippen molar-refractivity contribution >= 4 is 25.6 Å². The minimum Gasteiger partial charge on any atom is -0.384 e. The van der Waals surface area contributed by atoms with E-state index in [2.05, 4.69) is 0 Å². The first-order chi connectivity index (χ1) is 9.41. The van der Waals surface area contributed by atoms with Gasteiger partial charge in [0.2, 0.25) is 0 Å². The lowest BCUT2D eigenvalue weighted by Crippen LogP contribution is -2.29. The van der Waals surface area contributed by atoms with Crippen molar-refractivity contribution < 1.29 is 17.9 Å². The molecule has 0 bridgehead atoms. The Hall–Kier alpha value is -1.11. The molecular weight excluding hydrogens is 302 g/mol. The van der Waals surface area contributed by atoms with Crippen LogP contribution in [0.1, 0.15) is 16.8 Å². The van der Waals surface area contributed by atoms with Crippen molar-refractivity contribution in [3.8, 4) is 0 Å². The van der Waals surface area contributed by atoms with E-state index in [0.717, 1.165) is 6.42 Å². The van der Waals surface area contributed by atoms with Crippen molar-refractivity contribution in [3.05, 3.63) is 29.8 Å². The summed E-state index contributed by atoms with van der Waals surface area (Å²) < 4.78 is 27.4. The Morgan fingerprint density at radius 2 is 2.05 bits per heavy atom. The number of carbonyl (C=O) groups excluding carboxylic acids is 1. The zero-order chi connectivity index (χ0) is 14.8. The summed E-state index contributed by atoms with van der Waals surface area (Å²) in [5.41, 5.74) is 0.465. The highest BCUT2D eigenvalue weighted by Gasteiger charge is 2.26. The number of benzene rings is 1. The van der Waals surface area contributed by atoms with Crippen molar-refractivity contribution in [1.82, 2.24) is 4.90 Å². The standard InChI is InChI=1S/C13H16ClNO4S/c1-19-9-10-6-7-15(8-10)13(16)11-2-4-12(5-3-11)20(14,17)18/h2-5,10H,6-9H2,1H3. The van der Waals surface area contributed by atoms with Crippen LogP contribution in [0.2, 0.25) is 0 Å². The molecule has 1 atom stereocenters. The Kier molecular flexibility index (Phi) is 4.67. The molecule has 0 radical (unpaired) electrons. The molecule has 0 saturated carbocycles. The van der Waals surface area contributed by atoms with Crippen LogP contribution in [0.3, 0.4) is 0 Å². The van der Waals surface area contributed by atoms with Gasteiger partial charge in [0.15, 0.2) is 0 Å². The Morgan fingerprint density at radius 3 is 2.60 bits per heavy atom. The van der Waals surface area contributed by atoms with Gasteiger partial charge in [-0.2, -0.15) is 0 Å². The van der Waals surface area contributed by atoms with Crippen molar-refractivity contribution in [3.63, 3.8) is 0 Å². The summed E-state index contributed by atoms with van der Waals surface area (Å²) in [5, 5.41) is 0. The van der Waals surface area contributed by atoms with Gasteiger partial charge in [0.1, 0.15) is 0 Å². The second-order valence-electron chi connectivity index (χ2n) is 4.82. The van der Waals surface area contributed by atoms with Gasteiger partial charge in [0.05, 0.1) is 11.5 Å². The van der Waals surface area contributed by atoms with Crippen molar-refractivity contribution in [2.24, 2.45) is 5.92 Å². The van der Waals surface area contributed by atoms with Gasteiger partial charge in [-0.05, 0) is 30.7 Å². The Bertz CT molecular complexity index is 585. The Morgan fingerprint density at radius 1 is 1.40 bits per heavy atom. The molecule has 1 fully saturated rings. The molecule has 1 aliphatic heterocycles. The van der Waals surface area contributed by atoms with Gasteiger partial charge in [0.25, 0.3) is 15.0 Å². The quantitative estimate of drug-likeness (QED) is 0.793. The van der Waals surface area contributed by atoms with Crippen molar-refractivity contribution in [2.75, 3.05) is 26.8 Å². The van der Waals surface area contributed by atoms with E-state index in [1.54, 1.807) is 12.0 Å². The summed E-state index contributed by atoms with van der Waals surface area (Å²) in [6, 6.07) is 5.67. The maximum absolute atomic E-state index is 12.3. The second-order valence-corrected chi connectivity index (χ2v) is 7.39. The van der Waals surface area contributed by atoms with Crippen molar-refractivity contribution in [1.29, 1.82) is 0 Å². The van der Waals surface area contributed by atoms with Gasteiger partial charge < -0.3 is 9.64 Å². The molecule has 5 nitrogen and oxygen atoms in total. The summed E-state index contributed by atoms with van der Waals surface area (Å²) in [5.74, 6) is 0.272. The molecule has 1 heterocycles. The summed E-state index contributed by atoms with van der Waals surface area (Å²) >= 11 is 0. The van der Waals surface area contributed by atoms with Gasteiger partial charge in [-0.1, -0.05) is 0 Å². The van der Waals surface area contributed by atoms with Crippen LogP contribution in [0, 0.1) is 5.92 Å². The molecule has 1 amide bonds. The molecule has 2 rings (SSSR count). The molecule has 110 valence electrons. The zero-order valence-corrected chi connectivity index (χ0v) is 12.7. The van der Waals surface area contributed by atoms with Gasteiger partial charge in [-0.25, -0.2) is 8.42 Å². The van der Waals surface area contributed by atoms with Crippen molar-refractivity contribution in [2.45, 2.75) is 11.3 Å². The molecular formula is C13H16ClNO4S. The van der Waals surface area contributed by atoms with E-state index in [0.29, 0.717) is 31.2 Å². The van der Waals surface area contributed by atoms with Gasteiger partial charge in [-0.3, -0.25) is 4.79 Å².